The van der Waals surface area contributed by atoms with Gasteiger partial charge < -0.3 is 9.84 Å². The van der Waals surface area contributed by atoms with E-state index >= 15 is 0 Å². The number of rotatable bonds is 5. The van der Waals surface area contributed by atoms with Gasteiger partial charge in [0, 0.05) is 16.9 Å². The van der Waals surface area contributed by atoms with Crippen LogP contribution in [0.3, 0.4) is 0 Å². The quantitative estimate of drug-likeness (QED) is 0.682. The van der Waals surface area contributed by atoms with Gasteiger partial charge in [-0.3, -0.25) is 0 Å². The van der Waals surface area contributed by atoms with E-state index in [4.69, 9.17) is 9.84 Å². The fourth-order valence-electron chi connectivity index (χ4n) is 1.87. The molecule has 0 amide bonds. The van der Waals surface area contributed by atoms with Gasteiger partial charge in [-0.05, 0) is 30.7 Å². The van der Waals surface area contributed by atoms with E-state index in [1.807, 2.05) is 12.4 Å². The number of thiazole rings is 1. The summed E-state index contributed by atoms with van der Waals surface area (Å²) in [5, 5.41) is 8.66. The molecule has 0 spiro atoms. The zero-order chi connectivity index (χ0) is 15.1. The molecule has 3 nitrogen and oxygen atoms in total. The van der Waals surface area contributed by atoms with Crippen molar-refractivity contribution in [1.82, 2.24) is 4.98 Å². The molecule has 0 aliphatic rings. The number of aliphatic hydroxyl groups excluding tert-OH is 1. The number of hydrogen-bond acceptors (Lipinski definition) is 4. The van der Waals surface area contributed by atoms with E-state index in [0.29, 0.717) is 18.8 Å². The van der Waals surface area contributed by atoms with Gasteiger partial charge in [0.25, 0.3) is 0 Å². The lowest BCUT2D eigenvalue weighted by Crippen LogP contribution is -2.00. The molecule has 1 heterocycles. The average molecular weight is 305 g/mol. The van der Waals surface area contributed by atoms with Gasteiger partial charge >= 0.3 is 0 Å². The number of nitrogens with zero attached hydrogens (tertiary/aromatic N) is 1. The third-order valence-electron chi connectivity index (χ3n) is 2.86. The average Bonchev–Trinajstić information content (AvgIpc) is 2.86. The van der Waals surface area contributed by atoms with Crippen molar-refractivity contribution in [2.24, 2.45) is 0 Å². The van der Waals surface area contributed by atoms with Crippen LogP contribution in [0.1, 0.15) is 21.7 Å². The van der Waals surface area contributed by atoms with Crippen LogP contribution in [0.5, 0.6) is 0 Å². The predicted molar refractivity (Wildman–Crippen MR) is 80.6 cm³/mol. The van der Waals surface area contributed by atoms with Crippen molar-refractivity contribution in [3.8, 4) is 11.8 Å². The van der Waals surface area contributed by atoms with E-state index in [0.717, 1.165) is 17.7 Å². The Labute approximate surface area is 127 Å². The third-order valence-corrected chi connectivity index (χ3v) is 3.85. The fourth-order valence-corrected chi connectivity index (χ4v) is 2.63. The van der Waals surface area contributed by atoms with Crippen molar-refractivity contribution in [3.63, 3.8) is 0 Å². The molecule has 2 rings (SSSR count). The Bertz CT molecular complexity index is 658. The SMILES string of the molecule is Cc1ncsc1CCOCc1cc(F)cc(C#CCO)c1. The highest BCUT2D eigenvalue weighted by Gasteiger charge is 2.03. The summed E-state index contributed by atoms with van der Waals surface area (Å²) in [5.74, 6) is 4.85. The van der Waals surface area contributed by atoms with Crippen LogP contribution in [0.4, 0.5) is 4.39 Å². The number of benzene rings is 1. The molecule has 0 saturated heterocycles. The fraction of sp³-hybridized carbons (Fsp3) is 0.312. The van der Waals surface area contributed by atoms with Crippen LogP contribution in [0, 0.1) is 24.6 Å². The Kier molecular flexibility index (Phi) is 5.88. The molecule has 0 unspecified atom stereocenters. The summed E-state index contributed by atoms with van der Waals surface area (Å²) >= 11 is 1.62. The maximum Gasteiger partial charge on any atom is 0.124 e. The molecule has 21 heavy (non-hydrogen) atoms. The molecular weight excluding hydrogens is 289 g/mol. The number of halogens is 1. The molecule has 1 aromatic heterocycles. The van der Waals surface area contributed by atoms with E-state index in [9.17, 15) is 4.39 Å². The molecule has 5 heteroatoms. The molecule has 110 valence electrons. The van der Waals surface area contributed by atoms with Crippen LogP contribution >= 0.6 is 11.3 Å². The Hall–Kier alpha value is -1.74. The highest BCUT2D eigenvalue weighted by molar-refractivity contribution is 7.09. The molecule has 0 aliphatic heterocycles. The van der Waals surface area contributed by atoms with E-state index in [1.165, 1.54) is 17.0 Å². The van der Waals surface area contributed by atoms with Crippen LogP contribution in [0.25, 0.3) is 0 Å². The van der Waals surface area contributed by atoms with Gasteiger partial charge in [-0.1, -0.05) is 11.8 Å². The first-order valence-electron chi connectivity index (χ1n) is 6.55. The normalized spacial score (nSPS) is 10.2. The summed E-state index contributed by atoms with van der Waals surface area (Å²) in [6, 6.07) is 4.54. The van der Waals surface area contributed by atoms with Crippen molar-refractivity contribution >= 4 is 11.3 Å². The lowest BCUT2D eigenvalue weighted by atomic mass is 10.1. The minimum absolute atomic E-state index is 0.240. The Morgan fingerprint density at radius 1 is 1.38 bits per heavy atom. The van der Waals surface area contributed by atoms with E-state index in [-0.39, 0.29) is 12.4 Å². The summed E-state index contributed by atoms with van der Waals surface area (Å²) in [6.07, 6.45) is 0.809. The highest BCUT2D eigenvalue weighted by Crippen LogP contribution is 2.14. The molecule has 0 saturated carbocycles. The number of ether oxygens (including phenoxy) is 1. The summed E-state index contributed by atoms with van der Waals surface area (Å²) in [6.45, 7) is 2.64. The first kappa shape index (κ1) is 15.6. The highest BCUT2D eigenvalue weighted by atomic mass is 32.1. The summed E-state index contributed by atoms with van der Waals surface area (Å²) in [4.78, 5) is 5.39. The predicted octanol–water partition coefficient (Wildman–Crippen LogP) is 2.69. The molecule has 1 aromatic carbocycles. The topological polar surface area (TPSA) is 42.4 Å². The van der Waals surface area contributed by atoms with Gasteiger partial charge in [0.2, 0.25) is 0 Å². The molecule has 0 atom stereocenters. The first-order valence-corrected chi connectivity index (χ1v) is 7.43. The van der Waals surface area contributed by atoms with Crippen LogP contribution < -0.4 is 0 Å². The van der Waals surface area contributed by atoms with Gasteiger partial charge in [0.15, 0.2) is 0 Å². The second-order valence-corrected chi connectivity index (χ2v) is 5.41. The van der Waals surface area contributed by atoms with Crippen molar-refractivity contribution in [2.75, 3.05) is 13.2 Å². The number of hydrogen-bond donors (Lipinski definition) is 1. The Morgan fingerprint density at radius 2 is 2.24 bits per heavy atom. The van der Waals surface area contributed by atoms with Crippen LogP contribution in [0.15, 0.2) is 23.7 Å². The number of aryl methyl sites for hydroxylation is 1. The summed E-state index contributed by atoms with van der Waals surface area (Å²) in [7, 11) is 0. The van der Waals surface area contributed by atoms with Gasteiger partial charge in [-0.15, -0.1) is 11.3 Å². The van der Waals surface area contributed by atoms with Gasteiger partial charge in [0.1, 0.15) is 12.4 Å². The molecule has 1 N–H and O–H groups in total. The lowest BCUT2D eigenvalue weighted by molar-refractivity contribution is 0.124. The lowest BCUT2D eigenvalue weighted by Gasteiger charge is -2.05. The number of aliphatic hydroxyl groups is 1. The third kappa shape index (κ3) is 4.94. The second kappa shape index (κ2) is 7.89. The first-order chi connectivity index (χ1) is 10.2. The van der Waals surface area contributed by atoms with Crippen molar-refractivity contribution < 1.29 is 14.2 Å². The molecule has 2 aromatic rings. The second-order valence-electron chi connectivity index (χ2n) is 4.47. The minimum atomic E-state index is -0.350. The molecule has 0 fully saturated rings. The maximum absolute atomic E-state index is 13.4. The Balaban J connectivity index is 1.88. The smallest absolute Gasteiger partial charge is 0.124 e. The van der Waals surface area contributed by atoms with Gasteiger partial charge in [0.05, 0.1) is 24.4 Å². The van der Waals surface area contributed by atoms with E-state index in [2.05, 4.69) is 16.8 Å². The van der Waals surface area contributed by atoms with Crippen LogP contribution in [-0.2, 0) is 17.8 Å². The van der Waals surface area contributed by atoms with Crippen molar-refractivity contribution in [3.05, 3.63) is 51.2 Å². The van der Waals surface area contributed by atoms with Crippen LogP contribution in [-0.4, -0.2) is 23.3 Å². The van der Waals surface area contributed by atoms with Crippen molar-refractivity contribution in [1.29, 1.82) is 0 Å². The maximum atomic E-state index is 13.4. The van der Waals surface area contributed by atoms with E-state index < -0.39 is 0 Å². The molecule has 0 aliphatic carbocycles. The number of aromatic nitrogens is 1. The standard InChI is InChI=1S/C16H16FNO2S/c1-12-16(21-11-18-12)4-6-20-10-14-7-13(3-2-5-19)8-15(17)9-14/h7-9,11,19H,4-6,10H2,1H3. The minimum Gasteiger partial charge on any atom is -0.384 e. The van der Waals surface area contributed by atoms with Crippen LogP contribution in [0.2, 0.25) is 0 Å². The zero-order valence-corrected chi connectivity index (χ0v) is 12.5. The van der Waals surface area contributed by atoms with Gasteiger partial charge in [-0.25, -0.2) is 9.37 Å². The molecule has 0 bridgehead atoms. The van der Waals surface area contributed by atoms with E-state index in [1.54, 1.807) is 17.4 Å². The summed E-state index contributed by atoms with van der Waals surface area (Å²) in [5.41, 5.74) is 4.14. The largest absolute Gasteiger partial charge is 0.384 e. The summed E-state index contributed by atoms with van der Waals surface area (Å²) < 4.78 is 19.0. The molecule has 0 radical (unpaired) electrons. The van der Waals surface area contributed by atoms with Gasteiger partial charge in [-0.2, -0.15) is 0 Å². The zero-order valence-electron chi connectivity index (χ0n) is 11.7. The molecular formula is C16H16FNO2S. The monoisotopic (exact) mass is 305 g/mol. The van der Waals surface area contributed by atoms with Crippen molar-refractivity contribution in [2.45, 2.75) is 20.0 Å². The Morgan fingerprint density at radius 3 is 2.95 bits per heavy atom.